The predicted octanol–water partition coefficient (Wildman–Crippen LogP) is 3.70. The summed E-state index contributed by atoms with van der Waals surface area (Å²) in [5, 5.41) is 11.6. The highest BCUT2D eigenvalue weighted by molar-refractivity contribution is 7.15. The highest BCUT2D eigenvalue weighted by Gasteiger charge is 2.15. The van der Waals surface area contributed by atoms with Gasteiger partial charge in [0.25, 0.3) is 5.91 Å². The Morgan fingerprint density at radius 2 is 2.24 bits per heavy atom. The van der Waals surface area contributed by atoms with Gasteiger partial charge in [-0.05, 0) is 31.4 Å². The molecule has 25 heavy (non-hydrogen) atoms. The van der Waals surface area contributed by atoms with Crippen LogP contribution in [-0.2, 0) is 6.42 Å². The summed E-state index contributed by atoms with van der Waals surface area (Å²) in [6.07, 6.45) is 0.689. The second-order valence-corrected chi connectivity index (χ2v) is 7.45. The Bertz CT molecular complexity index is 1030. The minimum absolute atomic E-state index is 0.112. The normalized spacial score (nSPS) is 11.3. The summed E-state index contributed by atoms with van der Waals surface area (Å²) in [6, 6.07) is 5.77. The number of aryl methyl sites for hydroxylation is 2. The molecule has 4 rings (SSSR count). The second kappa shape index (κ2) is 6.45. The molecular weight excluding hydrogens is 356 g/mol. The minimum Gasteiger partial charge on any atom is -0.466 e. The summed E-state index contributed by atoms with van der Waals surface area (Å²) >= 11 is 3.18. The number of thiazole rings is 1. The topological polar surface area (TPSA) is 72.4 Å². The summed E-state index contributed by atoms with van der Waals surface area (Å²) < 4.78 is 7.26. The van der Waals surface area contributed by atoms with E-state index in [1.807, 2.05) is 34.3 Å². The highest BCUT2D eigenvalue weighted by atomic mass is 32.1. The monoisotopic (exact) mass is 372 g/mol. The van der Waals surface area contributed by atoms with E-state index in [1.165, 1.54) is 0 Å². The molecule has 0 atom stereocenters. The number of aromatic nitrogens is 3. The van der Waals surface area contributed by atoms with E-state index in [-0.39, 0.29) is 5.91 Å². The van der Waals surface area contributed by atoms with Crippen molar-refractivity contribution >= 4 is 33.5 Å². The van der Waals surface area contributed by atoms with Gasteiger partial charge in [0.2, 0.25) is 4.96 Å². The number of nitrogens with one attached hydrogen (secondary N) is 1. The van der Waals surface area contributed by atoms with E-state index in [1.54, 1.807) is 35.7 Å². The van der Waals surface area contributed by atoms with E-state index in [4.69, 9.17) is 4.42 Å². The fourth-order valence-corrected chi connectivity index (χ4v) is 4.17. The van der Waals surface area contributed by atoms with Crippen molar-refractivity contribution in [1.82, 2.24) is 19.9 Å². The first kappa shape index (κ1) is 16.0. The number of carbonyl (C=O) groups is 1. The Kier molecular flexibility index (Phi) is 4.14. The van der Waals surface area contributed by atoms with Crippen LogP contribution in [0.3, 0.4) is 0 Å². The largest absolute Gasteiger partial charge is 0.466 e. The number of nitrogens with zero attached hydrogens (tertiary/aromatic N) is 3. The fraction of sp³-hybridized carbons (Fsp3) is 0.235. The summed E-state index contributed by atoms with van der Waals surface area (Å²) in [4.78, 5) is 18.7. The molecule has 1 amide bonds. The van der Waals surface area contributed by atoms with Crippen LogP contribution in [0.4, 0.5) is 0 Å². The van der Waals surface area contributed by atoms with Crippen molar-refractivity contribution in [3.05, 3.63) is 51.7 Å². The number of amides is 1. The van der Waals surface area contributed by atoms with Crippen LogP contribution in [0.15, 0.2) is 33.4 Å². The SMILES string of the molecule is Cc1cc(C(=O)NCCc2csc3nc(-c4cccs4)nn23)c(C)o1. The van der Waals surface area contributed by atoms with Gasteiger partial charge in [0.1, 0.15) is 11.5 Å². The minimum atomic E-state index is -0.112. The first-order valence-corrected chi connectivity index (χ1v) is 9.60. The third-order valence-corrected chi connectivity index (χ3v) is 5.57. The Balaban J connectivity index is 1.44. The molecule has 0 aliphatic heterocycles. The van der Waals surface area contributed by atoms with Gasteiger partial charge < -0.3 is 9.73 Å². The lowest BCUT2D eigenvalue weighted by molar-refractivity contribution is 0.0952. The molecular formula is C17H16N4O2S2. The highest BCUT2D eigenvalue weighted by Crippen LogP contribution is 2.24. The summed E-state index contributed by atoms with van der Waals surface area (Å²) in [6.45, 7) is 4.16. The smallest absolute Gasteiger partial charge is 0.254 e. The first-order chi connectivity index (χ1) is 12.1. The predicted molar refractivity (Wildman–Crippen MR) is 98.4 cm³/mol. The fourth-order valence-electron chi connectivity index (χ4n) is 2.66. The summed E-state index contributed by atoms with van der Waals surface area (Å²) in [5.41, 5.74) is 1.63. The van der Waals surface area contributed by atoms with Gasteiger partial charge in [-0.2, -0.15) is 4.98 Å². The van der Waals surface area contributed by atoms with Gasteiger partial charge in [-0.25, -0.2) is 4.52 Å². The molecule has 0 spiro atoms. The second-order valence-electron chi connectivity index (χ2n) is 5.67. The van der Waals surface area contributed by atoms with Gasteiger partial charge in [-0.1, -0.05) is 6.07 Å². The van der Waals surface area contributed by atoms with Crippen LogP contribution in [0.2, 0.25) is 0 Å². The molecule has 0 aliphatic carbocycles. The number of rotatable bonds is 5. The van der Waals surface area contributed by atoms with Gasteiger partial charge in [-0.15, -0.1) is 27.8 Å². The van der Waals surface area contributed by atoms with E-state index in [0.717, 1.165) is 27.1 Å². The Morgan fingerprint density at radius 3 is 2.96 bits per heavy atom. The van der Waals surface area contributed by atoms with Crippen LogP contribution < -0.4 is 5.32 Å². The maximum absolute atomic E-state index is 12.2. The van der Waals surface area contributed by atoms with Crippen molar-refractivity contribution in [1.29, 1.82) is 0 Å². The maximum Gasteiger partial charge on any atom is 0.254 e. The van der Waals surface area contributed by atoms with Crippen LogP contribution in [0.5, 0.6) is 0 Å². The van der Waals surface area contributed by atoms with E-state index >= 15 is 0 Å². The zero-order chi connectivity index (χ0) is 17.4. The lowest BCUT2D eigenvalue weighted by atomic mass is 10.2. The zero-order valence-electron chi connectivity index (χ0n) is 13.8. The molecule has 128 valence electrons. The molecule has 0 bridgehead atoms. The molecule has 0 aromatic carbocycles. The van der Waals surface area contributed by atoms with Crippen molar-refractivity contribution in [2.24, 2.45) is 0 Å². The van der Waals surface area contributed by atoms with E-state index in [9.17, 15) is 4.79 Å². The average molecular weight is 372 g/mol. The standard InChI is InChI=1S/C17H16N4O2S2/c1-10-8-13(11(2)23-10)16(22)18-6-5-12-9-25-17-19-15(20-21(12)17)14-4-3-7-24-14/h3-4,7-9H,5-6H2,1-2H3,(H,18,22). The lowest BCUT2D eigenvalue weighted by Gasteiger charge is -2.03. The zero-order valence-corrected chi connectivity index (χ0v) is 15.4. The molecule has 0 saturated carbocycles. The molecule has 4 aromatic rings. The quantitative estimate of drug-likeness (QED) is 0.580. The van der Waals surface area contributed by atoms with E-state index < -0.39 is 0 Å². The molecule has 0 aliphatic rings. The molecule has 4 heterocycles. The third kappa shape index (κ3) is 3.10. The molecule has 4 aromatic heterocycles. The number of furan rings is 1. The maximum atomic E-state index is 12.2. The average Bonchev–Trinajstić information content (AvgIpc) is 3.31. The van der Waals surface area contributed by atoms with Gasteiger partial charge in [-0.3, -0.25) is 4.79 Å². The van der Waals surface area contributed by atoms with E-state index in [0.29, 0.717) is 24.3 Å². The third-order valence-electron chi connectivity index (χ3n) is 3.84. The van der Waals surface area contributed by atoms with E-state index in [2.05, 4.69) is 15.4 Å². The summed E-state index contributed by atoms with van der Waals surface area (Å²) in [7, 11) is 0. The number of thiophene rings is 1. The molecule has 0 saturated heterocycles. The molecule has 0 unspecified atom stereocenters. The molecule has 1 N–H and O–H groups in total. The van der Waals surface area contributed by atoms with Crippen LogP contribution in [0.25, 0.3) is 15.7 Å². The van der Waals surface area contributed by atoms with Gasteiger partial charge in [0.05, 0.1) is 16.1 Å². The van der Waals surface area contributed by atoms with Gasteiger partial charge in [0, 0.05) is 18.3 Å². The Labute approximate surface area is 152 Å². The van der Waals surface area contributed by atoms with Crippen LogP contribution in [0.1, 0.15) is 27.6 Å². The first-order valence-electron chi connectivity index (χ1n) is 7.84. The Hall–Kier alpha value is -2.45. The number of hydrogen-bond acceptors (Lipinski definition) is 6. The molecule has 0 fully saturated rings. The van der Waals surface area contributed by atoms with Crippen molar-refractivity contribution in [2.45, 2.75) is 20.3 Å². The van der Waals surface area contributed by atoms with Gasteiger partial charge >= 0.3 is 0 Å². The number of hydrogen-bond donors (Lipinski definition) is 1. The number of fused-ring (bicyclic) bond motifs is 1. The Morgan fingerprint density at radius 1 is 1.36 bits per heavy atom. The number of carbonyl (C=O) groups excluding carboxylic acids is 1. The van der Waals surface area contributed by atoms with Crippen molar-refractivity contribution in [2.75, 3.05) is 6.54 Å². The lowest BCUT2D eigenvalue weighted by Crippen LogP contribution is -2.26. The van der Waals surface area contributed by atoms with Crippen LogP contribution in [0, 0.1) is 13.8 Å². The van der Waals surface area contributed by atoms with Crippen LogP contribution >= 0.6 is 22.7 Å². The summed E-state index contributed by atoms with van der Waals surface area (Å²) in [5.74, 6) is 2.02. The molecule has 6 nitrogen and oxygen atoms in total. The van der Waals surface area contributed by atoms with Crippen molar-refractivity contribution in [3.8, 4) is 10.7 Å². The van der Waals surface area contributed by atoms with Crippen molar-refractivity contribution < 1.29 is 9.21 Å². The molecule has 0 radical (unpaired) electrons. The van der Waals surface area contributed by atoms with Gasteiger partial charge in [0.15, 0.2) is 5.82 Å². The molecule has 8 heteroatoms. The van der Waals surface area contributed by atoms with Crippen molar-refractivity contribution in [3.63, 3.8) is 0 Å². The van der Waals surface area contributed by atoms with Crippen LogP contribution in [-0.4, -0.2) is 27.0 Å².